The van der Waals surface area contributed by atoms with Crippen molar-refractivity contribution >= 4 is 11.7 Å². The van der Waals surface area contributed by atoms with E-state index in [4.69, 9.17) is 18.9 Å². The van der Waals surface area contributed by atoms with E-state index in [2.05, 4.69) is 60.4 Å². The van der Waals surface area contributed by atoms with E-state index in [0.29, 0.717) is 13.2 Å². The lowest BCUT2D eigenvalue weighted by Crippen LogP contribution is -2.59. The number of para-hydroxylation sites is 1. The molecule has 0 aromatic heterocycles. The predicted molar refractivity (Wildman–Crippen MR) is 151 cm³/mol. The van der Waals surface area contributed by atoms with E-state index >= 15 is 0 Å². The number of carbonyl (C=O) groups is 1. The molecule has 2 aliphatic rings. The van der Waals surface area contributed by atoms with Gasteiger partial charge in [-0.2, -0.15) is 0 Å². The Hall–Kier alpha value is -3.19. The van der Waals surface area contributed by atoms with Gasteiger partial charge in [0.25, 0.3) is 0 Å². The van der Waals surface area contributed by atoms with Gasteiger partial charge in [0.1, 0.15) is 18.8 Å². The Balaban J connectivity index is 1.49. The summed E-state index contributed by atoms with van der Waals surface area (Å²) in [4.78, 5) is 14.3. The highest BCUT2D eigenvalue weighted by atomic mass is 16.6. The van der Waals surface area contributed by atoms with Gasteiger partial charge in [-0.1, -0.05) is 92.2 Å². The monoisotopic (exact) mass is 529 g/mol. The molecule has 0 radical (unpaired) electrons. The predicted octanol–water partition coefficient (Wildman–Crippen LogP) is 6.10. The average Bonchev–Trinajstić information content (AvgIpc) is 2.97. The third-order valence-electron chi connectivity index (χ3n) is 7.64. The molecule has 39 heavy (non-hydrogen) atoms. The molecule has 0 saturated carbocycles. The maximum absolute atomic E-state index is 11.8. The third kappa shape index (κ3) is 6.70. The number of unbranched alkanes of at least 4 members (excludes halogenated alkanes) is 1. The van der Waals surface area contributed by atoms with Crippen LogP contribution in [0.3, 0.4) is 0 Å². The van der Waals surface area contributed by atoms with Crippen molar-refractivity contribution in [3.8, 4) is 0 Å². The van der Waals surface area contributed by atoms with Crippen LogP contribution in [-0.2, 0) is 37.0 Å². The molecule has 206 valence electrons. The Morgan fingerprint density at radius 1 is 0.872 bits per heavy atom. The van der Waals surface area contributed by atoms with E-state index in [-0.39, 0.29) is 30.7 Å². The van der Waals surface area contributed by atoms with E-state index in [1.54, 1.807) is 0 Å². The number of rotatable bonds is 11. The van der Waals surface area contributed by atoms with Gasteiger partial charge in [-0.25, -0.2) is 0 Å². The summed E-state index contributed by atoms with van der Waals surface area (Å²) in [7, 11) is 0. The summed E-state index contributed by atoms with van der Waals surface area (Å²) in [5.74, 6) is -0.283. The molecule has 6 heteroatoms. The van der Waals surface area contributed by atoms with Gasteiger partial charge in [0.05, 0.1) is 25.4 Å². The second kappa shape index (κ2) is 13.2. The number of hydrogen-bond donors (Lipinski definition) is 0. The van der Waals surface area contributed by atoms with Crippen molar-refractivity contribution in [2.45, 2.75) is 64.3 Å². The summed E-state index contributed by atoms with van der Waals surface area (Å²) in [5.41, 5.74) is 4.56. The lowest BCUT2D eigenvalue weighted by Gasteiger charge is -2.51. The molecular weight excluding hydrogens is 490 g/mol. The van der Waals surface area contributed by atoms with E-state index in [0.717, 1.165) is 42.6 Å². The summed E-state index contributed by atoms with van der Waals surface area (Å²) in [6, 6.07) is 28.9. The Morgan fingerprint density at radius 3 is 2.13 bits per heavy atom. The summed E-state index contributed by atoms with van der Waals surface area (Å²) in [5, 5.41) is 0. The Bertz CT molecular complexity index is 1190. The maximum atomic E-state index is 11.8. The smallest absolute Gasteiger partial charge is 0.302 e. The quantitative estimate of drug-likeness (QED) is 0.280. The van der Waals surface area contributed by atoms with Crippen molar-refractivity contribution in [3.05, 3.63) is 102 Å². The largest absolute Gasteiger partial charge is 0.463 e. The number of fused-ring (bicyclic) bond motifs is 3. The number of carbonyl (C=O) groups excluding carboxylic acids is 1. The molecule has 0 amide bonds. The van der Waals surface area contributed by atoms with Crippen molar-refractivity contribution in [1.82, 2.24) is 0 Å². The molecule has 0 aliphatic carbocycles. The minimum Gasteiger partial charge on any atom is -0.463 e. The summed E-state index contributed by atoms with van der Waals surface area (Å²) in [6.07, 6.45) is 0.931. The summed E-state index contributed by atoms with van der Waals surface area (Å²) < 4.78 is 25.7. The van der Waals surface area contributed by atoms with E-state index in [9.17, 15) is 4.79 Å². The minimum absolute atomic E-state index is 0.0508. The Morgan fingerprint density at radius 2 is 1.49 bits per heavy atom. The fourth-order valence-electron chi connectivity index (χ4n) is 5.71. The van der Waals surface area contributed by atoms with Crippen molar-refractivity contribution in [2.75, 3.05) is 24.6 Å². The second-order valence-electron chi connectivity index (χ2n) is 10.4. The molecule has 3 aromatic carbocycles. The maximum Gasteiger partial charge on any atom is 0.302 e. The molecule has 0 N–H and O–H groups in total. The van der Waals surface area contributed by atoms with Crippen LogP contribution in [-0.4, -0.2) is 44.0 Å². The molecule has 0 spiro atoms. The van der Waals surface area contributed by atoms with Crippen LogP contribution in [0.5, 0.6) is 0 Å². The molecule has 5 rings (SSSR count). The minimum atomic E-state index is -0.463. The molecule has 6 nitrogen and oxygen atoms in total. The number of ether oxygens (including phenoxy) is 4. The topological polar surface area (TPSA) is 57.2 Å². The van der Waals surface area contributed by atoms with Gasteiger partial charge in [-0.15, -0.1) is 0 Å². The molecule has 0 unspecified atom stereocenters. The fraction of sp³-hybridized carbons (Fsp3) is 0.424. The van der Waals surface area contributed by atoms with E-state index in [1.807, 2.05) is 36.4 Å². The van der Waals surface area contributed by atoms with Crippen LogP contribution in [0, 0.1) is 5.92 Å². The van der Waals surface area contributed by atoms with E-state index < -0.39 is 12.2 Å². The first kappa shape index (κ1) is 27.4. The van der Waals surface area contributed by atoms with E-state index in [1.165, 1.54) is 12.6 Å². The van der Waals surface area contributed by atoms with Gasteiger partial charge in [0.15, 0.2) is 0 Å². The first-order valence-corrected chi connectivity index (χ1v) is 14.1. The lowest BCUT2D eigenvalue weighted by atomic mass is 9.79. The number of benzene rings is 3. The van der Waals surface area contributed by atoms with Crippen molar-refractivity contribution in [1.29, 1.82) is 0 Å². The average molecular weight is 530 g/mol. The molecule has 3 aromatic rings. The molecule has 2 heterocycles. The highest BCUT2D eigenvalue weighted by Crippen LogP contribution is 2.47. The summed E-state index contributed by atoms with van der Waals surface area (Å²) >= 11 is 0. The van der Waals surface area contributed by atoms with Crippen molar-refractivity contribution < 1.29 is 23.7 Å². The number of esters is 1. The summed E-state index contributed by atoms with van der Waals surface area (Å²) in [6.45, 7) is 6.45. The van der Waals surface area contributed by atoms with Crippen LogP contribution in [0.25, 0.3) is 0 Å². The molecule has 2 aliphatic heterocycles. The van der Waals surface area contributed by atoms with Gasteiger partial charge in [-0.3, -0.25) is 4.79 Å². The van der Waals surface area contributed by atoms with Crippen LogP contribution in [0.1, 0.15) is 49.5 Å². The highest BCUT2D eigenvalue weighted by molar-refractivity contribution is 5.66. The first-order valence-electron chi connectivity index (χ1n) is 14.1. The van der Waals surface area contributed by atoms with Crippen LogP contribution in [0.15, 0.2) is 84.9 Å². The lowest BCUT2D eigenvalue weighted by molar-refractivity contribution is -0.245. The normalized spacial score (nSPS) is 24.1. The molecule has 0 bridgehead atoms. The molecule has 1 fully saturated rings. The first-order chi connectivity index (χ1) is 19.1. The molecule has 5 atom stereocenters. The highest BCUT2D eigenvalue weighted by Gasteiger charge is 2.51. The van der Waals surface area contributed by atoms with Gasteiger partial charge in [0.2, 0.25) is 0 Å². The Kier molecular flexibility index (Phi) is 9.30. The third-order valence-corrected chi connectivity index (χ3v) is 7.64. The van der Waals surface area contributed by atoms with Gasteiger partial charge >= 0.3 is 5.97 Å². The second-order valence-corrected chi connectivity index (χ2v) is 10.4. The zero-order valence-corrected chi connectivity index (χ0v) is 22.9. The zero-order valence-electron chi connectivity index (χ0n) is 22.9. The fourth-order valence-corrected chi connectivity index (χ4v) is 5.71. The number of hydrogen-bond acceptors (Lipinski definition) is 6. The Labute approximate surface area is 231 Å². The molecular formula is C33H39NO5. The van der Waals surface area contributed by atoms with Crippen molar-refractivity contribution in [2.24, 2.45) is 5.92 Å². The standard InChI is InChI=1S/C33H39NO5/c1-3-4-19-34-20-28-31(27-17-11-12-18-29(27)34)39-30(23-36-24(2)35)33(38-22-26-15-9-6-10-16-26)32(28)37-21-25-13-7-5-8-14-25/h5-18,28,30-33H,3-4,19-23H2,1-2H3/t28-,30+,31+,32+,33+/m0/s1. The SMILES string of the molecule is CCCCN1C[C@@H]2[C@@H](OCc3ccccc3)[C@H](OCc3ccccc3)[C@@H](COC(C)=O)O[C@@H]2c2ccccc21. The number of anilines is 1. The zero-order chi connectivity index (χ0) is 27.0. The molecule has 1 saturated heterocycles. The van der Waals surface area contributed by atoms with Crippen LogP contribution in [0.4, 0.5) is 5.69 Å². The van der Waals surface area contributed by atoms with Gasteiger partial charge in [0, 0.05) is 37.2 Å². The van der Waals surface area contributed by atoms with Crippen LogP contribution < -0.4 is 4.90 Å². The number of nitrogens with zero attached hydrogens (tertiary/aromatic N) is 1. The van der Waals surface area contributed by atoms with Crippen LogP contribution >= 0.6 is 0 Å². The van der Waals surface area contributed by atoms with Crippen molar-refractivity contribution in [3.63, 3.8) is 0 Å². The van der Waals surface area contributed by atoms with Gasteiger partial charge in [-0.05, 0) is 23.6 Å². The van der Waals surface area contributed by atoms with Crippen LogP contribution in [0.2, 0.25) is 0 Å². The van der Waals surface area contributed by atoms with Gasteiger partial charge < -0.3 is 23.8 Å².